The maximum Gasteiger partial charge on any atom is 0.321 e. The molecule has 4 atom stereocenters. The Morgan fingerprint density at radius 1 is 1.21 bits per heavy atom. The SMILES string of the molecule is CC(NC(=O)NC(=O)CN1C(=O)c2ccccc2CS1(=O)=O)C1CC2CCC1C2. The van der Waals surface area contributed by atoms with E-state index in [-0.39, 0.29) is 17.4 Å². The van der Waals surface area contributed by atoms with Gasteiger partial charge in [0.25, 0.3) is 5.91 Å². The van der Waals surface area contributed by atoms with Crippen molar-refractivity contribution in [3.63, 3.8) is 0 Å². The van der Waals surface area contributed by atoms with Gasteiger partial charge in [-0.1, -0.05) is 24.6 Å². The van der Waals surface area contributed by atoms with Crippen LogP contribution in [0.1, 0.15) is 48.5 Å². The number of urea groups is 1. The average Bonchev–Trinajstić information content (AvgIpc) is 3.28. The van der Waals surface area contributed by atoms with E-state index in [1.807, 2.05) is 6.92 Å². The van der Waals surface area contributed by atoms with Crippen LogP contribution in [0.4, 0.5) is 4.79 Å². The monoisotopic (exact) mass is 419 g/mol. The number of nitrogens with one attached hydrogen (secondary N) is 2. The molecule has 1 aliphatic heterocycles. The lowest BCUT2D eigenvalue weighted by molar-refractivity contribution is -0.120. The second-order valence-corrected chi connectivity index (χ2v) is 10.3. The minimum Gasteiger partial charge on any atom is -0.335 e. The van der Waals surface area contributed by atoms with Gasteiger partial charge in [-0.3, -0.25) is 14.9 Å². The summed E-state index contributed by atoms with van der Waals surface area (Å²) in [5.74, 6) is -0.151. The number of fused-ring (bicyclic) bond motifs is 3. The number of benzene rings is 1. The van der Waals surface area contributed by atoms with Gasteiger partial charge in [0.05, 0.1) is 5.75 Å². The molecule has 2 bridgehead atoms. The van der Waals surface area contributed by atoms with Gasteiger partial charge in [-0.25, -0.2) is 17.5 Å². The number of imide groups is 1. The fourth-order valence-electron chi connectivity index (χ4n) is 5.11. The summed E-state index contributed by atoms with van der Waals surface area (Å²) in [6.45, 7) is 1.22. The van der Waals surface area contributed by atoms with E-state index in [2.05, 4.69) is 10.6 Å². The molecule has 1 heterocycles. The molecule has 0 radical (unpaired) electrons. The highest BCUT2D eigenvalue weighted by atomic mass is 32.2. The zero-order valence-corrected chi connectivity index (χ0v) is 17.1. The number of sulfonamides is 1. The minimum absolute atomic E-state index is 0.0645. The summed E-state index contributed by atoms with van der Waals surface area (Å²) in [4.78, 5) is 37.0. The van der Waals surface area contributed by atoms with Crippen molar-refractivity contribution in [1.82, 2.24) is 14.9 Å². The van der Waals surface area contributed by atoms with Gasteiger partial charge in [-0.15, -0.1) is 0 Å². The third kappa shape index (κ3) is 3.88. The first-order valence-corrected chi connectivity index (χ1v) is 11.6. The van der Waals surface area contributed by atoms with E-state index >= 15 is 0 Å². The molecule has 156 valence electrons. The molecular weight excluding hydrogens is 394 g/mol. The van der Waals surface area contributed by atoms with Gasteiger partial charge in [0.15, 0.2) is 0 Å². The molecule has 0 spiro atoms. The van der Waals surface area contributed by atoms with Gasteiger partial charge in [0, 0.05) is 11.6 Å². The van der Waals surface area contributed by atoms with Crippen molar-refractivity contribution in [2.75, 3.05) is 6.54 Å². The van der Waals surface area contributed by atoms with E-state index in [9.17, 15) is 22.8 Å². The van der Waals surface area contributed by atoms with Gasteiger partial charge in [-0.2, -0.15) is 0 Å². The number of hydrogen-bond donors (Lipinski definition) is 2. The Morgan fingerprint density at radius 2 is 1.97 bits per heavy atom. The van der Waals surface area contributed by atoms with Crippen molar-refractivity contribution in [1.29, 1.82) is 0 Å². The smallest absolute Gasteiger partial charge is 0.321 e. The predicted octanol–water partition coefficient (Wildman–Crippen LogP) is 1.62. The summed E-state index contributed by atoms with van der Waals surface area (Å²) in [7, 11) is -3.97. The third-order valence-electron chi connectivity index (χ3n) is 6.48. The van der Waals surface area contributed by atoms with Crippen LogP contribution in [-0.2, 0) is 20.6 Å². The third-order valence-corrected chi connectivity index (χ3v) is 8.12. The summed E-state index contributed by atoms with van der Waals surface area (Å²) >= 11 is 0. The second-order valence-electron chi connectivity index (χ2n) is 8.37. The molecule has 2 saturated carbocycles. The molecule has 9 heteroatoms. The molecule has 29 heavy (non-hydrogen) atoms. The number of nitrogens with zero attached hydrogens (tertiary/aromatic N) is 1. The van der Waals surface area contributed by atoms with E-state index in [0.717, 1.165) is 12.3 Å². The summed E-state index contributed by atoms with van der Waals surface area (Å²) in [6, 6.07) is 5.68. The summed E-state index contributed by atoms with van der Waals surface area (Å²) in [6.07, 6.45) is 4.77. The maximum absolute atomic E-state index is 12.5. The van der Waals surface area contributed by atoms with Gasteiger partial charge in [0.2, 0.25) is 15.9 Å². The Balaban J connectivity index is 1.35. The fourth-order valence-corrected chi connectivity index (χ4v) is 6.58. The molecule has 2 aliphatic carbocycles. The maximum atomic E-state index is 12.5. The van der Waals surface area contributed by atoms with Gasteiger partial charge in [0.1, 0.15) is 6.54 Å². The molecule has 4 unspecified atom stereocenters. The van der Waals surface area contributed by atoms with Crippen molar-refractivity contribution in [3.05, 3.63) is 35.4 Å². The minimum atomic E-state index is -3.97. The van der Waals surface area contributed by atoms with Crippen molar-refractivity contribution in [2.24, 2.45) is 17.8 Å². The normalized spacial score (nSPS) is 28.0. The van der Waals surface area contributed by atoms with Crippen LogP contribution in [0.25, 0.3) is 0 Å². The standard InChI is InChI=1S/C20H25N3O5S/c1-12(17-9-13-6-7-14(17)8-13)21-20(26)22-18(24)10-23-19(25)16-5-3-2-4-15(16)11-29(23,27)28/h2-5,12-14,17H,6-11H2,1H3,(H2,21,22,24,26). The first kappa shape index (κ1) is 19.9. The predicted molar refractivity (Wildman–Crippen MR) is 105 cm³/mol. The van der Waals surface area contributed by atoms with Crippen LogP contribution in [-0.4, -0.2) is 43.2 Å². The van der Waals surface area contributed by atoms with E-state index in [0.29, 0.717) is 21.7 Å². The zero-order chi connectivity index (χ0) is 20.8. The van der Waals surface area contributed by atoms with Crippen LogP contribution in [0.2, 0.25) is 0 Å². The van der Waals surface area contributed by atoms with Crippen molar-refractivity contribution in [3.8, 4) is 0 Å². The number of rotatable bonds is 4. The van der Waals surface area contributed by atoms with E-state index < -0.39 is 34.4 Å². The van der Waals surface area contributed by atoms with Crippen LogP contribution in [0, 0.1) is 17.8 Å². The lowest BCUT2D eigenvalue weighted by atomic mass is 9.84. The molecule has 2 N–H and O–H groups in total. The van der Waals surface area contributed by atoms with E-state index in [1.165, 1.54) is 25.3 Å². The average molecular weight is 420 g/mol. The Morgan fingerprint density at radius 3 is 2.66 bits per heavy atom. The molecule has 0 saturated heterocycles. The van der Waals surface area contributed by atoms with Crippen LogP contribution in [0.3, 0.4) is 0 Å². The lowest BCUT2D eigenvalue weighted by Crippen LogP contribution is -2.51. The van der Waals surface area contributed by atoms with E-state index in [4.69, 9.17) is 0 Å². The van der Waals surface area contributed by atoms with E-state index in [1.54, 1.807) is 18.2 Å². The highest BCUT2D eigenvalue weighted by molar-refractivity contribution is 7.89. The summed E-state index contributed by atoms with van der Waals surface area (Å²) < 4.78 is 25.4. The van der Waals surface area contributed by atoms with Crippen molar-refractivity contribution >= 4 is 27.9 Å². The molecule has 1 aromatic carbocycles. The van der Waals surface area contributed by atoms with Crippen LogP contribution >= 0.6 is 0 Å². The first-order valence-electron chi connectivity index (χ1n) is 9.97. The molecule has 4 rings (SSSR count). The lowest BCUT2D eigenvalue weighted by Gasteiger charge is -2.29. The number of carbonyl (C=O) groups is 3. The number of carbonyl (C=O) groups excluding carboxylic acids is 3. The molecule has 8 nitrogen and oxygen atoms in total. The second kappa shape index (κ2) is 7.44. The van der Waals surface area contributed by atoms with Crippen LogP contribution < -0.4 is 10.6 Å². The van der Waals surface area contributed by atoms with Gasteiger partial charge >= 0.3 is 6.03 Å². The summed E-state index contributed by atoms with van der Waals surface area (Å²) in [5, 5.41) is 4.96. The molecular formula is C20H25N3O5S. The zero-order valence-electron chi connectivity index (χ0n) is 16.3. The molecule has 2 fully saturated rings. The van der Waals surface area contributed by atoms with Crippen molar-refractivity contribution < 1.29 is 22.8 Å². The van der Waals surface area contributed by atoms with Crippen molar-refractivity contribution in [2.45, 2.75) is 44.4 Å². The molecule has 1 aromatic rings. The van der Waals surface area contributed by atoms with Gasteiger partial charge < -0.3 is 5.32 Å². The molecule has 3 aliphatic rings. The summed E-state index contributed by atoms with van der Waals surface area (Å²) in [5.41, 5.74) is 0.663. The Kier molecular flexibility index (Phi) is 5.10. The largest absolute Gasteiger partial charge is 0.335 e. The number of amides is 4. The van der Waals surface area contributed by atoms with Gasteiger partial charge in [-0.05, 0) is 55.6 Å². The highest BCUT2D eigenvalue weighted by Gasteiger charge is 2.42. The molecule has 4 amide bonds. The van der Waals surface area contributed by atoms with Crippen LogP contribution in [0.5, 0.6) is 0 Å². The number of hydrogen-bond acceptors (Lipinski definition) is 5. The Bertz CT molecular complexity index is 961. The quantitative estimate of drug-likeness (QED) is 0.770. The topological polar surface area (TPSA) is 113 Å². The Labute approximate surface area is 170 Å². The Hall–Kier alpha value is -2.42. The first-order chi connectivity index (χ1) is 13.7. The molecule has 0 aromatic heterocycles. The fraction of sp³-hybridized carbons (Fsp3) is 0.550. The van der Waals surface area contributed by atoms with Crippen LogP contribution in [0.15, 0.2) is 24.3 Å². The highest BCUT2D eigenvalue weighted by Crippen LogP contribution is 2.49.